The summed E-state index contributed by atoms with van der Waals surface area (Å²) in [5, 5.41) is 11.3. The average Bonchev–Trinajstić information content (AvgIpc) is 3.26. The number of hydrogen-bond donors (Lipinski definition) is 0. The minimum atomic E-state index is 0.453. The zero-order valence-corrected chi connectivity index (χ0v) is 15.6. The number of nitrogens with zero attached hydrogens (tertiary/aromatic N) is 2. The third kappa shape index (κ3) is 3.25. The summed E-state index contributed by atoms with van der Waals surface area (Å²) in [7, 11) is 0. The van der Waals surface area contributed by atoms with Crippen LogP contribution in [0.25, 0.3) is 33.2 Å². The van der Waals surface area contributed by atoms with Crippen LogP contribution in [0.4, 0.5) is 0 Å². The Morgan fingerprint density at radius 1 is 1.12 bits per heavy atom. The predicted molar refractivity (Wildman–Crippen MR) is 107 cm³/mol. The Morgan fingerprint density at radius 2 is 1.96 bits per heavy atom. The maximum absolute atomic E-state index is 9.54. The van der Waals surface area contributed by atoms with Crippen LogP contribution in [-0.2, 0) is 0 Å². The molecule has 4 rings (SSSR count). The molecular formula is C20H10Cl2N2OS. The average molecular weight is 397 g/mol. The second-order valence-electron chi connectivity index (χ2n) is 5.48. The fourth-order valence-corrected chi connectivity index (χ4v) is 3.97. The van der Waals surface area contributed by atoms with Crippen molar-refractivity contribution in [2.75, 3.05) is 0 Å². The van der Waals surface area contributed by atoms with Gasteiger partial charge in [-0.2, -0.15) is 5.26 Å². The van der Waals surface area contributed by atoms with Crippen molar-refractivity contribution < 1.29 is 4.42 Å². The molecule has 2 aromatic heterocycles. The van der Waals surface area contributed by atoms with Crippen LogP contribution in [0, 0.1) is 11.3 Å². The van der Waals surface area contributed by atoms with Gasteiger partial charge in [-0.3, -0.25) is 0 Å². The van der Waals surface area contributed by atoms with Crippen molar-refractivity contribution in [3.05, 3.63) is 75.4 Å². The number of nitriles is 1. The largest absolute Gasteiger partial charge is 0.457 e. The second kappa shape index (κ2) is 6.97. The SMILES string of the molecule is N#CC(=Cc1ccc(-c2ccc(Cl)cc2Cl)o1)c1nc2ccccc2s1. The highest BCUT2D eigenvalue weighted by Gasteiger charge is 2.12. The van der Waals surface area contributed by atoms with Crippen molar-refractivity contribution in [1.82, 2.24) is 4.98 Å². The summed E-state index contributed by atoms with van der Waals surface area (Å²) in [4.78, 5) is 4.52. The Morgan fingerprint density at radius 3 is 2.73 bits per heavy atom. The molecule has 0 saturated carbocycles. The summed E-state index contributed by atoms with van der Waals surface area (Å²) in [5.74, 6) is 1.17. The lowest BCUT2D eigenvalue weighted by atomic mass is 10.2. The van der Waals surface area contributed by atoms with E-state index in [9.17, 15) is 5.26 Å². The first-order valence-corrected chi connectivity index (χ1v) is 9.24. The van der Waals surface area contributed by atoms with Gasteiger partial charge in [-0.25, -0.2) is 4.98 Å². The van der Waals surface area contributed by atoms with Gasteiger partial charge in [0.1, 0.15) is 22.6 Å². The van der Waals surface area contributed by atoms with E-state index in [-0.39, 0.29) is 0 Å². The van der Waals surface area contributed by atoms with Gasteiger partial charge >= 0.3 is 0 Å². The molecule has 4 aromatic rings. The van der Waals surface area contributed by atoms with Crippen LogP contribution in [0.5, 0.6) is 0 Å². The molecule has 0 spiro atoms. The quantitative estimate of drug-likeness (QED) is 0.352. The number of rotatable bonds is 3. The van der Waals surface area contributed by atoms with E-state index in [2.05, 4.69) is 11.1 Å². The number of para-hydroxylation sites is 1. The van der Waals surface area contributed by atoms with E-state index in [0.717, 1.165) is 15.8 Å². The Labute approximate surface area is 163 Å². The maximum atomic E-state index is 9.54. The summed E-state index contributed by atoms with van der Waals surface area (Å²) in [6.07, 6.45) is 1.69. The molecule has 3 nitrogen and oxygen atoms in total. The highest BCUT2D eigenvalue weighted by molar-refractivity contribution is 7.19. The molecule has 0 atom stereocenters. The third-order valence-electron chi connectivity index (χ3n) is 3.75. The molecule has 2 aromatic carbocycles. The zero-order valence-electron chi connectivity index (χ0n) is 13.2. The first kappa shape index (κ1) is 16.9. The van der Waals surface area contributed by atoms with Crippen LogP contribution in [0.2, 0.25) is 10.0 Å². The van der Waals surface area contributed by atoms with Crippen molar-refractivity contribution in [2.24, 2.45) is 0 Å². The van der Waals surface area contributed by atoms with Gasteiger partial charge < -0.3 is 4.42 Å². The number of thiazole rings is 1. The number of hydrogen-bond acceptors (Lipinski definition) is 4. The van der Waals surface area contributed by atoms with E-state index in [1.165, 1.54) is 11.3 Å². The van der Waals surface area contributed by atoms with Crippen molar-refractivity contribution in [3.8, 4) is 17.4 Å². The van der Waals surface area contributed by atoms with Gasteiger partial charge in [0, 0.05) is 16.7 Å². The lowest BCUT2D eigenvalue weighted by molar-refractivity contribution is 0.572. The van der Waals surface area contributed by atoms with Crippen LogP contribution < -0.4 is 0 Å². The monoisotopic (exact) mass is 396 g/mol. The highest BCUT2D eigenvalue weighted by Crippen LogP contribution is 2.33. The smallest absolute Gasteiger partial charge is 0.136 e. The van der Waals surface area contributed by atoms with Crippen LogP contribution in [0.3, 0.4) is 0 Å². The molecule has 0 bridgehead atoms. The Bertz CT molecular complexity index is 1150. The van der Waals surface area contributed by atoms with Gasteiger partial charge in [-0.05, 0) is 42.5 Å². The number of fused-ring (bicyclic) bond motifs is 1. The lowest BCUT2D eigenvalue weighted by Crippen LogP contribution is -1.79. The molecule has 0 unspecified atom stereocenters. The Kier molecular flexibility index (Phi) is 4.52. The topological polar surface area (TPSA) is 49.8 Å². The first-order valence-electron chi connectivity index (χ1n) is 7.67. The molecule has 0 saturated heterocycles. The first-order chi connectivity index (χ1) is 12.6. The maximum Gasteiger partial charge on any atom is 0.136 e. The van der Waals surface area contributed by atoms with Gasteiger partial charge in [0.15, 0.2) is 0 Å². The molecule has 0 aliphatic carbocycles. The Balaban J connectivity index is 1.71. The number of aromatic nitrogens is 1. The van der Waals surface area contributed by atoms with E-state index in [1.54, 1.807) is 30.3 Å². The molecule has 0 amide bonds. The molecule has 0 fully saturated rings. The summed E-state index contributed by atoms with van der Waals surface area (Å²) >= 11 is 13.6. The van der Waals surface area contributed by atoms with Gasteiger partial charge in [0.25, 0.3) is 0 Å². The lowest BCUT2D eigenvalue weighted by Gasteiger charge is -2.00. The highest BCUT2D eigenvalue weighted by atomic mass is 35.5. The van der Waals surface area contributed by atoms with Gasteiger partial charge in [-0.15, -0.1) is 11.3 Å². The number of allylic oxidation sites excluding steroid dienone is 1. The van der Waals surface area contributed by atoms with Gasteiger partial charge in [0.2, 0.25) is 0 Å². The van der Waals surface area contributed by atoms with E-state index in [0.29, 0.717) is 32.1 Å². The molecule has 0 aliphatic heterocycles. The Hall–Kier alpha value is -2.58. The standard InChI is InChI=1S/C20H10Cl2N2OS/c21-13-5-7-15(16(22)10-13)18-8-6-14(25-18)9-12(11-23)20-24-17-3-1-2-4-19(17)26-20/h1-10H. The fourth-order valence-electron chi connectivity index (χ4n) is 2.54. The van der Waals surface area contributed by atoms with Crippen molar-refractivity contribution in [3.63, 3.8) is 0 Å². The third-order valence-corrected chi connectivity index (χ3v) is 5.37. The fraction of sp³-hybridized carbons (Fsp3) is 0. The molecule has 2 heterocycles. The molecule has 126 valence electrons. The number of benzene rings is 2. The zero-order chi connectivity index (χ0) is 18.1. The van der Waals surface area contributed by atoms with Crippen LogP contribution in [-0.4, -0.2) is 4.98 Å². The minimum absolute atomic E-state index is 0.453. The molecular weight excluding hydrogens is 387 g/mol. The van der Waals surface area contributed by atoms with Crippen molar-refractivity contribution >= 4 is 56.4 Å². The van der Waals surface area contributed by atoms with Crippen LogP contribution >= 0.6 is 34.5 Å². The van der Waals surface area contributed by atoms with E-state index >= 15 is 0 Å². The second-order valence-corrected chi connectivity index (χ2v) is 7.36. The normalized spacial score (nSPS) is 11.7. The number of halogens is 2. The predicted octanol–water partition coefficient (Wildman–Crippen LogP) is 6.93. The number of furan rings is 1. The summed E-state index contributed by atoms with van der Waals surface area (Å²) in [6.45, 7) is 0. The van der Waals surface area contributed by atoms with E-state index in [4.69, 9.17) is 27.6 Å². The summed E-state index contributed by atoms with van der Waals surface area (Å²) < 4.78 is 6.88. The minimum Gasteiger partial charge on any atom is -0.457 e. The van der Waals surface area contributed by atoms with Gasteiger partial charge in [0.05, 0.1) is 20.8 Å². The van der Waals surface area contributed by atoms with Crippen molar-refractivity contribution in [1.29, 1.82) is 5.26 Å². The summed E-state index contributed by atoms with van der Waals surface area (Å²) in [5.41, 5.74) is 2.07. The van der Waals surface area contributed by atoms with Gasteiger partial charge in [-0.1, -0.05) is 35.3 Å². The van der Waals surface area contributed by atoms with E-state index < -0.39 is 0 Å². The van der Waals surface area contributed by atoms with Crippen LogP contribution in [0.1, 0.15) is 10.8 Å². The molecule has 26 heavy (non-hydrogen) atoms. The summed E-state index contributed by atoms with van der Waals surface area (Å²) in [6, 6.07) is 18.8. The van der Waals surface area contributed by atoms with Crippen molar-refractivity contribution in [2.45, 2.75) is 0 Å². The van der Waals surface area contributed by atoms with E-state index in [1.807, 2.05) is 30.3 Å². The van der Waals surface area contributed by atoms with Crippen LogP contribution in [0.15, 0.2) is 59.0 Å². The molecule has 0 aliphatic rings. The molecule has 0 N–H and O–H groups in total. The molecule has 6 heteroatoms. The molecule has 0 radical (unpaired) electrons.